The molecule has 1 aliphatic rings. The molecule has 7 nitrogen and oxygen atoms in total. The molecule has 2 aromatic heterocycles. The van der Waals surface area contributed by atoms with Crippen LogP contribution in [0.15, 0.2) is 24.4 Å². The van der Waals surface area contributed by atoms with Gasteiger partial charge in [0.1, 0.15) is 6.04 Å². The molecule has 0 aromatic carbocycles. The number of nitrogens with one attached hydrogen (secondary N) is 2. The third kappa shape index (κ3) is 5.40. The predicted octanol–water partition coefficient (Wildman–Crippen LogP) is 1.33. The minimum Gasteiger partial charge on any atom is -0.378 e. The summed E-state index contributed by atoms with van der Waals surface area (Å²) < 4.78 is 7.09. The third-order valence-corrected chi connectivity index (χ3v) is 3.74. The average molecular weight is 388 g/mol. The number of aromatic nitrogens is 3. The lowest BCUT2D eigenvalue weighted by Crippen LogP contribution is -2.51. The van der Waals surface area contributed by atoms with Crippen molar-refractivity contribution in [3.05, 3.63) is 41.3 Å². The summed E-state index contributed by atoms with van der Waals surface area (Å²) in [6, 6.07) is 5.59. The molecule has 1 unspecified atom stereocenters. The molecule has 0 saturated carbocycles. The molecule has 1 amide bonds. The molecule has 0 bridgehead atoms. The van der Waals surface area contributed by atoms with Crippen LogP contribution in [-0.2, 0) is 16.1 Å². The van der Waals surface area contributed by atoms with E-state index in [1.165, 1.54) is 0 Å². The topological polar surface area (TPSA) is 81.1 Å². The van der Waals surface area contributed by atoms with E-state index in [0.29, 0.717) is 26.3 Å². The van der Waals surface area contributed by atoms with Crippen molar-refractivity contribution in [2.75, 3.05) is 19.8 Å². The Labute approximate surface area is 159 Å². The highest BCUT2D eigenvalue weighted by Crippen LogP contribution is 2.10. The zero-order chi connectivity index (χ0) is 16.2. The summed E-state index contributed by atoms with van der Waals surface area (Å²) in [7, 11) is 0. The maximum atomic E-state index is 12.0. The molecule has 9 heteroatoms. The summed E-state index contributed by atoms with van der Waals surface area (Å²) in [5.74, 6) is 0.723. The number of morpholine rings is 1. The molecule has 1 saturated heterocycles. The van der Waals surface area contributed by atoms with Gasteiger partial charge in [0.05, 0.1) is 18.9 Å². The predicted molar refractivity (Wildman–Crippen MR) is 99.8 cm³/mol. The Morgan fingerprint density at radius 3 is 2.76 bits per heavy atom. The van der Waals surface area contributed by atoms with E-state index in [2.05, 4.69) is 20.7 Å². The van der Waals surface area contributed by atoms with Gasteiger partial charge < -0.3 is 15.4 Å². The first-order valence-electron chi connectivity index (χ1n) is 7.71. The van der Waals surface area contributed by atoms with E-state index >= 15 is 0 Å². The molecule has 0 aliphatic carbocycles. The van der Waals surface area contributed by atoms with Crippen molar-refractivity contribution in [3.8, 4) is 5.82 Å². The van der Waals surface area contributed by atoms with Crippen molar-refractivity contribution in [1.82, 2.24) is 25.4 Å². The second-order valence-electron chi connectivity index (χ2n) is 5.66. The van der Waals surface area contributed by atoms with E-state index in [1.54, 1.807) is 10.9 Å². The number of rotatable bonds is 4. The second-order valence-corrected chi connectivity index (χ2v) is 5.66. The van der Waals surface area contributed by atoms with Crippen molar-refractivity contribution in [2.45, 2.75) is 26.4 Å². The van der Waals surface area contributed by atoms with Crippen LogP contribution in [0.25, 0.3) is 5.82 Å². The molecule has 3 heterocycles. The highest BCUT2D eigenvalue weighted by atomic mass is 35.5. The molecule has 2 aromatic rings. The monoisotopic (exact) mass is 387 g/mol. The molecule has 1 aliphatic heterocycles. The number of halogens is 2. The van der Waals surface area contributed by atoms with E-state index in [4.69, 9.17) is 4.74 Å². The van der Waals surface area contributed by atoms with Gasteiger partial charge in [-0.05, 0) is 31.5 Å². The number of carbonyl (C=O) groups is 1. The Kier molecular flexibility index (Phi) is 8.31. The van der Waals surface area contributed by atoms with Crippen LogP contribution in [0.5, 0.6) is 0 Å². The van der Waals surface area contributed by atoms with Crippen LogP contribution in [-0.4, -0.2) is 46.5 Å². The fraction of sp³-hybridized carbons (Fsp3) is 0.438. The fourth-order valence-electron chi connectivity index (χ4n) is 2.55. The van der Waals surface area contributed by atoms with Gasteiger partial charge in [0, 0.05) is 25.0 Å². The van der Waals surface area contributed by atoms with Crippen LogP contribution in [0.4, 0.5) is 0 Å². The number of amides is 1. The Bertz CT molecular complexity index is 684. The molecule has 25 heavy (non-hydrogen) atoms. The number of hydrogen-bond acceptors (Lipinski definition) is 5. The highest BCUT2D eigenvalue weighted by molar-refractivity contribution is 5.85. The summed E-state index contributed by atoms with van der Waals surface area (Å²) in [5, 5.41) is 10.4. The average Bonchev–Trinajstić information content (AvgIpc) is 2.92. The standard InChI is InChI=1S/C16H21N5O2.2ClH/c1-11-7-12(2)21(20-11)15-4-3-13(8-18-15)9-19-16(22)14-10-23-6-5-17-14;;/h3-4,7-8,14,17H,5-6,9-10H2,1-2H3,(H,19,22);2*1H. The molecule has 1 fully saturated rings. The van der Waals surface area contributed by atoms with Gasteiger partial charge in [-0.3, -0.25) is 4.79 Å². The SMILES string of the molecule is Cc1cc(C)n(-c2ccc(CNC(=O)C3COCCN3)cn2)n1.Cl.Cl. The van der Waals surface area contributed by atoms with Crippen LogP contribution in [0, 0.1) is 13.8 Å². The van der Waals surface area contributed by atoms with Crippen molar-refractivity contribution in [3.63, 3.8) is 0 Å². The largest absolute Gasteiger partial charge is 0.378 e. The number of ether oxygens (including phenoxy) is 1. The van der Waals surface area contributed by atoms with Gasteiger partial charge in [-0.25, -0.2) is 9.67 Å². The number of hydrogen-bond donors (Lipinski definition) is 2. The van der Waals surface area contributed by atoms with Crippen molar-refractivity contribution in [2.24, 2.45) is 0 Å². The molecular formula is C16H23Cl2N5O2. The maximum absolute atomic E-state index is 12.0. The van der Waals surface area contributed by atoms with Crippen molar-refractivity contribution < 1.29 is 9.53 Å². The zero-order valence-corrected chi connectivity index (χ0v) is 15.8. The normalized spacial score (nSPS) is 16.5. The van der Waals surface area contributed by atoms with Crippen LogP contribution < -0.4 is 10.6 Å². The molecular weight excluding hydrogens is 365 g/mol. The van der Waals surface area contributed by atoms with Gasteiger partial charge in [0.25, 0.3) is 0 Å². The first kappa shape index (κ1) is 21.4. The van der Waals surface area contributed by atoms with Crippen LogP contribution >= 0.6 is 24.8 Å². The van der Waals surface area contributed by atoms with E-state index in [1.807, 2.05) is 32.0 Å². The van der Waals surface area contributed by atoms with Gasteiger partial charge in [0.15, 0.2) is 5.82 Å². The van der Waals surface area contributed by atoms with Gasteiger partial charge in [0.2, 0.25) is 5.91 Å². The quantitative estimate of drug-likeness (QED) is 0.826. The Balaban J connectivity index is 0.00000156. The van der Waals surface area contributed by atoms with E-state index < -0.39 is 0 Å². The highest BCUT2D eigenvalue weighted by Gasteiger charge is 2.20. The Hall–Kier alpha value is -1.67. The van der Waals surface area contributed by atoms with Gasteiger partial charge in [-0.15, -0.1) is 24.8 Å². The van der Waals surface area contributed by atoms with Crippen LogP contribution in [0.1, 0.15) is 17.0 Å². The zero-order valence-electron chi connectivity index (χ0n) is 14.2. The van der Waals surface area contributed by atoms with E-state index in [-0.39, 0.29) is 36.8 Å². The van der Waals surface area contributed by atoms with Crippen LogP contribution in [0.3, 0.4) is 0 Å². The number of pyridine rings is 1. The fourth-order valence-corrected chi connectivity index (χ4v) is 2.55. The molecule has 0 radical (unpaired) electrons. The minimum atomic E-state index is -0.273. The smallest absolute Gasteiger partial charge is 0.239 e. The van der Waals surface area contributed by atoms with Gasteiger partial charge in [-0.2, -0.15) is 5.10 Å². The van der Waals surface area contributed by atoms with Crippen LogP contribution in [0.2, 0.25) is 0 Å². The van der Waals surface area contributed by atoms with Crippen molar-refractivity contribution >= 4 is 30.7 Å². The first-order chi connectivity index (χ1) is 11.1. The molecule has 138 valence electrons. The number of nitrogens with zero attached hydrogens (tertiary/aromatic N) is 3. The maximum Gasteiger partial charge on any atom is 0.239 e. The summed E-state index contributed by atoms with van der Waals surface area (Å²) in [6.45, 7) is 6.17. The minimum absolute atomic E-state index is 0. The summed E-state index contributed by atoms with van der Waals surface area (Å²) in [4.78, 5) is 16.4. The van der Waals surface area contributed by atoms with E-state index in [0.717, 1.165) is 22.8 Å². The van der Waals surface area contributed by atoms with Gasteiger partial charge in [-0.1, -0.05) is 6.07 Å². The number of carbonyl (C=O) groups excluding carboxylic acids is 1. The lowest BCUT2D eigenvalue weighted by Gasteiger charge is -2.22. The second kappa shape index (κ2) is 9.72. The first-order valence-corrected chi connectivity index (χ1v) is 7.71. The molecule has 0 spiro atoms. The lowest BCUT2D eigenvalue weighted by atomic mass is 10.2. The Morgan fingerprint density at radius 1 is 1.40 bits per heavy atom. The molecule has 2 N–H and O–H groups in total. The van der Waals surface area contributed by atoms with E-state index in [9.17, 15) is 4.79 Å². The lowest BCUT2D eigenvalue weighted by molar-refractivity contribution is -0.126. The number of aryl methyl sites for hydroxylation is 2. The summed E-state index contributed by atoms with van der Waals surface area (Å²) in [5.41, 5.74) is 2.95. The third-order valence-electron chi connectivity index (χ3n) is 3.74. The van der Waals surface area contributed by atoms with Gasteiger partial charge >= 0.3 is 0 Å². The summed E-state index contributed by atoms with van der Waals surface area (Å²) >= 11 is 0. The summed E-state index contributed by atoms with van der Waals surface area (Å²) in [6.07, 6.45) is 1.76. The Morgan fingerprint density at radius 2 is 2.20 bits per heavy atom. The molecule has 1 atom stereocenters. The molecule has 3 rings (SSSR count). The van der Waals surface area contributed by atoms with Crippen molar-refractivity contribution in [1.29, 1.82) is 0 Å².